The molecule has 0 aliphatic rings. The zero-order valence-corrected chi connectivity index (χ0v) is 16.7. The van der Waals surface area contributed by atoms with Crippen molar-refractivity contribution in [1.29, 1.82) is 5.41 Å². The lowest BCUT2D eigenvalue weighted by Crippen LogP contribution is -2.10. The lowest BCUT2D eigenvalue weighted by molar-refractivity contribution is 0.398. The number of hydrogen-bond donors (Lipinski definition) is 4. The maximum Gasteiger partial charge on any atom is 0.213 e. The third-order valence-electron chi connectivity index (χ3n) is 4.42. The van der Waals surface area contributed by atoms with Crippen molar-refractivity contribution in [2.24, 2.45) is 0 Å². The van der Waals surface area contributed by atoms with Crippen LogP contribution in [0.15, 0.2) is 67.3 Å². The van der Waals surface area contributed by atoms with Crippen molar-refractivity contribution in [2.45, 2.75) is 6.92 Å². The van der Waals surface area contributed by atoms with Crippen LogP contribution < -0.4 is 15.4 Å². The number of imidazole rings is 1. The van der Waals surface area contributed by atoms with Crippen molar-refractivity contribution in [2.75, 3.05) is 17.7 Å². The molecule has 4 rings (SSSR count). The van der Waals surface area contributed by atoms with E-state index >= 15 is 0 Å². The van der Waals surface area contributed by atoms with Crippen molar-refractivity contribution >= 4 is 33.9 Å². The summed E-state index contributed by atoms with van der Waals surface area (Å²) >= 11 is 0. The first-order valence-electron chi connectivity index (χ1n) is 9.27. The fraction of sp³-hybridized carbons (Fsp3) is 0.0909. The molecule has 30 heavy (non-hydrogen) atoms. The Labute approximate surface area is 173 Å². The van der Waals surface area contributed by atoms with Gasteiger partial charge in [0.15, 0.2) is 5.82 Å². The number of anilines is 3. The number of para-hydroxylation sites is 1. The summed E-state index contributed by atoms with van der Waals surface area (Å²) in [4.78, 5) is 16.3. The number of rotatable bonds is 7. The van der Waals surface area contributed by atoms with Gasteiger partial charge in [0.05, 0.1) is 36.5 Å². The second kappa shape index (κ2) is 8.04. The number of nitrogens with zero attached hydrogens (tertiary/aromatic N) is 3. The molecule has 3 aromatic heterocycles. The quantitative estimate of drug-likeness (QED) is 0.341. The van der Waals surface area contributed by atoms with Gasteiger partial charge in [-0.2, -0.15) is 0 Å². The van der Waals surface area contributed by atoms with Crippen LogP contribution in [0.3, 0.4) is 0 Å². The van der Waals surface area contributed by atoms with E-state index in [9.17, 15) is 0 Å². The highest BCUT2D eigenvalue weighted by atomic mass is 16.5. The molecule has 0 spiro atoms. The van der Waals surface area contributed by atoms with Crippen molar-refractivity contribution in [3.8, 4) is 5.88 Å². The summed E-state index contributed by atoms with van der Waals surface area (Å²) in [5, 5.41) is 16.2. The SMILES string of the molecule is C=C(C)Nc1nc[nH]c1C(=N)c1cc2ccccc2nc1Nc1ccc(OC)nc1. The van der Waals surface area contributed by atoms with Crippen LogP contribution in [-0.4, -0.2) is 32.8 Å². The molecule has 8 nitrogen and oxygen atoms in total. The molecule has 0 atom stereocenters. The molecule has 0 bridgehead atoms. The van der Waals surface area contributed by atoms with Gasteiger partial charge in [0.2, 0.25) is 5.88 Å². The minimum atomic E-state index is 0.249. The van der Waals surface area contributed by atoms with Gasteiger partial charge in [-0.25, -0.2) is 15.0 Å². The molecule has 0 saturated carbocycles. The standard InChI is InChI=1S/C22H21N7O/c1-13(2)27-22-20(25-12-26-22)19(23)16-10-14-6-4-5-7-17(14)29-21(16)28-15-8-9-18(30-3)24-11-15/h4-12,23,27H,1H2,2-3H3,(H,25,26)(H,28,29). The van der Waals surface area contributed by atoms with Crippen molar-refractivity contribution in [3.63, 3.8) is 0 Å². The van der Waals surface area contributed by atoms with Crippen LogP contribution in [-0.2, 0) is 0 Å². The van der Waals surface area contributed by atoms with Crippen LogP contribution in [0.1, 0.15) is 18.2 Å². The smallest absolute Gasteiger partial charge is 0.213 e. The first-order valence-corrected chi connectivity index (χ1v) is 9.27. The van der Waals surface area contributed by atoms with E-state index in [1.54, 1.807) is 25.7 Å². The molecule has 0 saturated heterocycles. The molecule has 0 aliphatic heterocycles. The fourth-order valence-corrected chi connectivity index (χ4v) is 3.03. The van der Waals surface area contributed by atoms with Gasteiger partial charge in [-0.3, -0.25) is 5.41 Å². The minimum Gasteiger partial charge on any atom is -0.481 e. The largest absolute Gasteiger partial charge is 0.481 e. The number of pyridine rings is 2. The average Bonchev–Trinajstić information content (AvgIpc) is 3.20. The van der Waals surface area contributed by atoms with E-state index in [0.717, 1.165) is 22.3 Å². The lowest BCUT2D eigenvalue weighted by Gasteiger charge is -2.14. The molecule has 1 aromatic carbocycles. The molecule has 8 heteroatoms. The number of nitrogens with one attached hydrogen (secondary N) is 4. The van der Waals surface area contributed by atoms with Gasteiger partial charge in [0.1, 0.15) is 11.5 Å². The number of fused-ring (bicyclic) bond motifs is 1. The third kappa shape index (κ3) is 3.83. The Bertz CT molecular complexity index is 1230. The molecular weight excluding hydrogens is 378 g/mol. The molecule has 4 aromatic rings. The summed E-state index contributed by atoms with van der Waals surface area (Å²) in [6.07, 6.45) is 3.21. The number of hydrogen-bond acceptors (Lipinski definition) is 7. The number of H-pyrrole nitrogens is 1. The molecular formula is C22H21N7O. The Kier molecular flexibility index (Phi) is 5.13. The Hall–Kier alpha value is -4.20. The summed E-state index contributed by atoms with van der Waals surface area (Å²) in [6.45, 7) is 5.69. The van der Waals surface area contributed by atoms with Gasteiger partial charge in [-0.05, 0) is 25.1 Å². The highest BCUT2D eigenvalue weighted by molar-refractivity contribution is 6.16. The highest BCUT2D eigenvalue weighted by Gasteiger charge is 2.18. The van der Waals surface area contributed by atoms with Gasteiger partial charge in [0, 0.05) is 22.7 Å². The van der Waals surface area contributed by atoms with Gasteiger partial charge in [-0.15, -0.1) is 0 Å². The Morgan fingerprint density at radius 3 is 2.70 bits per heavy atom. The van der Waals surface area contributed by atoms with Crippen LogP contribution in [0.4, 0.5) is 17.3 Å². The van der Waals surface area contributed by atoms with E-state index in [0.29, 0.717) is 28.8 Å². The number of ether oxygens (including phenoxy) is 1. The molecule has 0 fully saturated rings. The van der Waals surface area contributed by atoms with E-state index in [4.69, 9.17) is 15.1 Å². The van der Waals surface area contributed by atoms with Crippen LogP contribution >= 0.6 is 0 Å². The zero-order valence-electron chi connectivity index (χ0n) is 16.7. The van der Waals surface area contributed by atoms with E-state index in [2.05, 4.69) is 32.2 Å². The molecule has 0 amide bonds. The third-order valence-corrected chi connectivity index (χ3v) is 4.42. The Morgan fingerprint density at radius 1 is 1.13 bits per heavy atom. The molecule has 0 radical (unpaired) electrons. The number of allylic oxidation sites excluding steroid dienone is 1. The van der Waals surface area contributed by atoms with Crippen LogP contribution in [0, 0.1) is 5.41 Å². The van der Waals surface area contributed by atoms with Crippen molar-refractivity contribution in [1.82, 2.24) is 19.9 Å². The normalized spacial score (nSPS) is 10.6. The van der Waals surface area contributed by atoms with Crippen LogP contribution in [0.2, 0.25) is 0 Å². The first kappa shape index (κ1) is 19.1. The van der Waals surface area contributed by atoms with E-state index in [-0.39, 0.29) is 5.71 Å². The number of methoxy groups -OCH3 is 1. The average molecular weight is 399 g/mol. The number of benzene rings is 1. The Morgan fingerprint density at radius 2 is 1.97 bits per heavy atom. The summed E-state index contributed by atoms with van der Waals surface area (Å²) in [5.41, 5.74) is 3.71. The van der Waals surface area contributed by atoms with Crippen molar-refractivity contribution in [3.05, 3.63) is 78.5 Å². The summed E-state index contributed by atoms with van der Waals surface area (Å²) < 4.78 is 5.12. The summed E-state index contributed by atoms with van der Waals surface area (Å²) in [6, 6.07) is 13.3. The molecule has 0 unspecified atom stereocenters. The van der Waals surface area contributed by atoms with E-state index in [1.807, 2.05) is 43.3 Å². The maximum atomic E-state index is 8.86. The number of aromatic nitrogens is 4. The van der Waals surface area contributed by atoms with Crippen LogP contribution in [0.5, 0.6) is 5.88 Å². The maximum absolute atomic E-state index is 8.86. The first-order chi connectivity index (χ1) is 14.5. The van der Waals surface area contributed by atoms with Gasteiger partial charge in [-0.1, -0.05) is 24.8 Å². The topological polar surface area (TPSA) is 112 Å². The molecule has 150 valence electrons. The highest BCUT2D eigenvalue weighted by Crippen LogP contribution is 2.27. The van der Waals surface area contributed by atoms with Crippen LogP contribution in [0.25, 0.3) is 10.9 Å². The van der Waals surface area contributed by atoms with Gasteiger partial charge < -0.3 is 20.4 Å². The van der Waals surface area contributed by atoms with E-state index in [1.165, 1.54) is 0 Å². The predicted molar refractivity (Wildman–Crippen MR) is 119 cm³/mol. The second-order valence-corrected chi connectivity index (χ2v) is 6.70. The van der Waals surface area contributed by atoms with Gasteiger partial charge >= 0.3 is 0 Å². The van der Waals surface area contributed by atoms with Crippen molar-refractivity contribution < 1.29 is 4.74 Å². The number of aromatic amines is 1. The summed E-state index contributed by atoms with van der Waals surface area (Å²) in [7, 11) is 1.57. The molecule has 3 heterocycles. The van der Waals surface area contributed by atoms with E-state index < -0.39 is 0 Å². The monoisotopic (exact) mass is 399 g/mol. The second-order valence-electron chi connectivity index (χ2n) is 6.70. The molecule has 4 N–H and O–H groups in total. The summed E-state index contributed by atoms with van der Waals surface area (Å²) in [5.74, 6) is 1.60. The minimum absolute atomic E-state index is 0.249. The Balaban J connectivity index is 1.79. The lowest BCUT2D eigenvalue weighted by atomic mass is 10.0. The zero-order chi connectivity index (χ0) is 21.1. The van der Waals surface area contributed by atoms with Gasteiger partial charge in [0.25, 0.3) is 0 Å². The predicted octanol–water partition coefficient (Wildman–Crippen LogP) is 4.47. The fourth-order valence-electron chi connectivity index (χ4n) is 3.03. The molecule has 0 aliphatic carbocycles.